The second-order valence-corrected chi connectivity index (χ2v) is 2.94. The zero-order chi connectivity index (χ0) is 8.27. The molecular formula is C8H7BrN2. The molecule has 0 unspecified atom stereocenters. The van der Waals surface area contributed by atoms with Gasteiger partial charge in [-0.1, -0.05) is 22.0 Å². The Labute approximate surface area is 73.8 Å². The highest BCUT2D eigenvalue weighted by Crippen LogP contribution is 2.18. The summed E-state index contributed by atoms with van der Waals surface area (Å²) in [5.41, 5.74) is 6.96. The highest BCUT2D eigenvalue weighted by molar-refractivity contribution is 9.10. The van der Waals surface area contributed by atoms with Crippen molar-refractivity contribution in [3.63, 3.8) is 0 Å². The van der Waals surface area contributed by atoms with E-state index in [1.807, 2.05) is 12.1 Å². The van der Waals surface area contributed by atoms with Gasteiger partial charge in [0.25, 0.3) is 0 Å². The fraction of sp³-hybridized carbons (Fsp3) is 0.125. The molecule has 0 atom stereocenters. The van der Waals surface area contributed by atoms with Crippen LogP contribution in [0.1, 0.15) is 11.1 Å². The maximum Gasteiger partial charge on any atom is 0.0995 e. The maximum atomic E-state index is 8.65. The van der Waals surface area contributed by atoms with Gasteiger partial charge in [-0.25, -0.2) is 0 Å². The predicted octanol–water partition coefficient (Wildman–Crippen LogP) is 1.78. The second-order valence-electron chi connectivity index (χ2n) is 2.08. The third-order valence-electron chi connectivity index (χ3n) is 1.44. The summed E-state index contributed by atoms with van der Waals surface area (Å²) in [5.74, 6) is 0. The topological polar surface area (TPSA) is 49.8 Å². The summed E-state index contributed by atoms with van der Waals surface area (Å²) in [7, 11) is 0. The van der Waals surface area contributed by atoms with Crippen molar-refractivity contribution >= 4 is 15.9 Å². The van der Waals surface area contributed by atoms with Gasteiger partial charge in [0.05, 0.1) is 11.6 Å². The summed E-state index contributed by atoms with van der Waals surface area (Å²) in [6.45, 7) is 0.393. The Balaban J connectivity index is 3.27. The first-order valence-electron chi connectivity index (χ1n) is 3.17. The van der Waals surface area contributed by atoms with Gasteiger partial charge in [0, 0.05) is 11.0 Å². The summed E-state index contributed by atoms with van der Waals surface area (Å²) in [5, 5.41) is 8.65. The van der Waals surface area contributed by atoms with Crippen LogP contribution in [0.5, 0.6) is 0 Å². The van der Waals surface area contributed by atoms with E-state index in [9.17, 15) is 0 Å². The predicted molar refractivity (Wildman–Crippen MR) is 46.7 cm³/mol. The Morgan fingerprint density at radius 1 is 1.55 bits per heavy atom. The molecule has 56 valence electrons. The van der Waals surface area contributed by atoms with Gasteiger partial charge >= 0.3 is 0 Å². The van der Waals surface area contributed by atoms with Gasteiger partial charge in [-0.3, -0.25) is 0 Å². The standard InChI is InChI=1S/C8H7BrN2/c9-8-3-1-2-6(4-10)7(8)5-11/h1-3H,5,11H2. The van der Waals surface area contributed by atoms with E-state index >= 15 is 0 Å². The molecule has 0 aliphatic rings. The SMILES string of the molecule is N#Cc1cccc(Br)c1CN. The fourth-order valence-corrected chi connectivity index (χ4v) is 1.40. The number of hydrogen-bond acceptors (Lipinski definition) is 2. The van der Waals surface area contributed by atoms with E-state index in [2.05, 4.69) is 22.0 Å². The van der Waals surface area contributed by atoms with Gasteiger partial charge in [0.15, 0.2) is 0 Å². The lowest BCUT2D eigenvalue weighted by atomic mass is 10.1. The second kappa shape index (κ2) is 3.51. The molecule has 0 aliphatic carbocycles. The number of hydrogen-bond donors (Lipinski definition) is 1. The van der Waals surface area contributed by atoms with Crippen molar-refractivity contribution in [2.24, 2.45) is 5.73 Å². The normalized spacial score (nSPS) is 9.18. The Morgan fingerprint density at radius 2 is 2.27 bits per heavy atom. The highest BCUT2D eigenvalue weighted by Gasteiger charge is 2.02. The quantitative estimate of drug-likeness (QED) is 0.769. The van der Waals surface area contributed by atoms with E-state index < -0.39 is 0 Å². The van der Waals surface area contributed by atoms with Gasteiger partial charge in [0.2, 0.25) is 0 Å². The zero-order valence-corrected chi connectivity index (χ0v) is 7.43. The zero-order valence-electron chi connectivity index (χ0n) is 5.84. The summed E-state index contributed by atoms with van der Waals surface area (Å²) >= 11 is 3.32. The first kappa shape index (κ1) is 8.25. The summed E-state index contributed by atoms with van der Waals surface area (Å²) in [6.07, 6.45) is 0. The number of benzene rings is 1. The van der Waals surface area contributed by atoms with Crippen LogP contribution in [0.15, 0.2) is 22.7 Å². The van der Waals surface area contributed by atoms with Crippen LogP contribution in [0.2, 0.25) is 0 Å². The molecule has 2 N–H and O–H groups in total. The highest BCUT2D eigenvalue weighted by atomic mass is 79.9. The Morgan fingerprint density at radius 3 is 2.73 bits per heavy atom. The maximum absolute atomic E-state index is 8.65. The largest absolute Gasteiger partial charge is 0.326 e. The van der Waals surface area contributed by atoms with Crippen LogP contribution in [0.25, 0.3) is 0 Å². The summed E-state index contributed by atoms with van der Waals surface area (Å²) in [6, 6.07) is 7.53. The van der Waals surface area contributed by atoms with Crippen LogP contribution in [-0.4, -0.2) is 0 Å². The van der Waals surface area contributed by atoms with E-state index in [1.54, 1.807) is 6.07 Å². The molecule has 1 aromatic carbocycles. The molecule has 11 heavy (non-hydrogen) atoms. The minimum absolute atomic E-state index is 0.393. The van der Waals surface area contributed by atoms with E-state index in [4.69, 9.17) is 11.0 Å². The number of halogens is 1. The Kier molecular flexibility index (Phi) is 2.64. The smallest absolute Gasteiger partial charge is 0.0995 e. The molecule has 1 rings (SSSR count). The molecule has 0 spiro atoms. The van der Waals surface area contributed by atoms with Crippen molar-refractivity contribution in [2.45, 2.75) is 6.54 Å². The third-order valence-corrected chi connectivity index (χ3v) is 2.19. The van der Waals surface area contributed by atoms with Gasteiger partial charge in [0.1, 0.15) is 0 Å². The molecular weight excluding hydrogens is 204 g/mol. The van der Waals surface area contributed by atoms with Crippen LogP contribution >= 0.6 is 15.9 Å². The van der Waals surface area contributed by atoms with Gasteiger partial charge in [-0.15, -0.1) is 0 Å². The Hall–Kier alpha value is -0.850. The van der Waals surface area contributed by atoms with Crippen molar-refractivity contribution in [1.29, 1.82) is 5.26 Å². The van der Waals surface area contributed by atoms with Crippen molar-refractivity contribution in [1.82, 2.24) is 0 Å². The summed E-state index contributed by atoms with van der Waals surface area (Å²) < 4.78 is 0.902. The van der Waals surface area contributed by atoms with Crippen LogP contribution in [0.4, 0.5) is 0 Å². The molecule has 0 amide bonds. The van der Waals surface area contributed by atoms with Crippen molar-refractivity contribution in [2.75, 3.05) is 0 Å². The molecule has 0 bridgehead atoms. The molecule has 0 heterocycles. The first-order valence-corrected chi connectivity index (χ1v) is 3.96. The fourth-order valence-electron chi connectivity index (χ4n) is 0.871. The first-order chi connectivity index (χ1) is 5.29. The van der Waals surface area contributed by atoms with E-state index in [1.165, 1.54) is 0 Å². The molecule has 0 aromatic heterocycles. The molecule has 0 radical (unpaired) electrons. The molecule has 3 heteroatoms. The van der Waals surface area contributed by atoms with Crippen LogP contribution in [0, 0.1) is 11.3 Å². The molecule has 2 nitrogen and oxygen atoms in total. The van der Waals surface area contributed by atoms with Crippen molar-refractivity contribution < 1.29 is 0 Å². The summed E-state index contributed by atoms with van der Waals surface area (Å²) in [4.78, 5) is 0. The number of nitrogens with two attached hydrogens (primary N) is 1. The van der Waals surface area contributed by atoms with E-state index in [0.29, 0.717) is 12.1 Å². The van der Waals surface area contributed by atoms with Gasteiger partial charge in [-0.2, -0.15) is 5.26 Å². The number of rotatable bonds is 1. The molecule has 0 saturated carbocycles. The molecule has 0 fully saturated rings. The molecule has 1 aromatic rings. The number of nitriles is 1. The van der Waals surface area contributed by atoms with Crippen molar-refractivity contribution in [3.8, 4) is 6.07 Å². The monoisotopic (exact) mass is 210 g/mol. The van der Waals surface area contributed by atoms with E-state index in [0.717, 1.165) is 10.0 Å². The average molecular weight is 211 g/mol. The lowest BCUT2D eigenvalue weighted by molar-refractivity contribution is 1.05. The average Bonchev–Trinajstić information content (AvgIpc) is 2.04. The Bertz CT molecular complexity index is 301. The minimum atomic E-state index is 0.393. The van der Waals surface area contributed by atoms with Crippen LogP contribution in [0.3, 0.4) is 0 Å². The lowest BCUT2D eigenvalue weighted by Crippen LogP contribution is -2.00. The van der Waals surface area contributed by atoms with E-state index in [-0.39, 0.29) is 0 Å². The third kappa shape index (κ3) is 1.59. The van der Waals surface area contributed by atoms with Crippen molar-refractivity contribution in [3.05, 3.63) is 33.8 Å². The van der Waals surface area contributed by atoms with Gasteiger partial charge in [-0.05, 0) is 17.7 Å². The lowest BCUT2D eigenvalue weighted by Gasteiger charge is -2.01. The van der Waals surface area contributed by atoms with Crippen LogP contribution in [-0.2, 0) is 6.54 Å². The van der Waals surface area contributed by atoms with Gasteiger partial charge < -0.3 is 5.73 Å². The minimum Gasteiger partial charge on any atom is -0.326 e. The van der Waals surface area contributed by atoms with Crippen LogP contribution < -0.4 is 5.73 Å². The molecule has 0 saturated heterocycles. The molecule has 0 aliphatic heterocycles. The number of nitrogens with zero attached hydrogens (tertiary/aromatic N) is 1.